The second kappa shape index (κ2) is 12.5. The lowest BCUT2D eigenvalue weighted by Crippen LogP contribution is -2.01. The maximum Gasteiger partial charge on any atom is -0.0275 e. The minimum atomic E-state index is 0.837. The van der Waals surface area contributed by atoms with Crippen molar-refractivity contribution in [2.24, 2.45) is 5.92 Å². The van der Waals surface area contributed by atoms with Gasteiger partial charge in [0.25, 0.3) is 0 Å². The first-order valence-corrected chi connectivity index (χ1v) is 7.98. The highest BCUT2D eigenvalue weighted by molar-refractivity contribution is 4.83. The first-order chi connectivity index (χ1) is 8.18. The zero-order chi connectivity index (χ0) is 12.9. The third-order valence-corrected chi connectivity index (χ3v) is 3.98. The number of unbranched alkanes of at least 4 members (excludes halogenated alkanes) is 9. The van der Waals surface area contributed by atoms with Crippen LogP contribution in [-0.4, -0.2) is 0 Å². The summed E-state index contributed by atoms with van der Waals surface area (Å²) in [4.78, 5) is 0. The van der Waals surface area contributed by atoms with Crippen LogP contribution in [-0.2, 0) is 0 Å². The molecular weight excluding hydrogens is 204 g/mol. The average molecular weight is 239 g/mol. The van der Waals surface area contributed by atoms with Gasteiger partial charge in [-0.25, -0.2) is 0 Å². The molecule has 1 atom stereocenters. The summed E-state index contributed by atoms with van der Waals surface area (Å²) < 4.78 is 0. The lowest BCUT2D eigenvalue weighted by Gasteiger charge is -2.14. The van der Waals surface area contributed by atoms with Gasteiger partial charge in [-0.1, -0.05) is 98.3 Å². The maximum atomic E-state index is 2.36. The standard InChI is InChI=1S/C17H35/c1-5-6-7-8-9-10-11-12-13-14-15-17(4)16(2)3/h17H,5-15H2,1-4H3. The summed E-state index contributed by atoms with van der Waals surface area (Å²) in [6.07, 6.45) is 15.9. The highest BCUT2D eigenvalue weighted by Gasteiger charge is 2.06. The Bertz CT molecular complexity index is 137. The molecule has 0 bridgehead atoms. The van der Waals surface area contributed by atoms with Crippen molar-refractivity contribution in [2.45, 2.75) is 98.3 Å². The molecule has 0 saturated heterocycles. The number of hydrogen-bond donors (Lipinski definition) is 0. The van der Waals surface area contributed by atoms with Crippen LogP contribution in [0.3, 0.4) is 0 Å². The van der Waals surface area contributed by atoms with Crippen LogP contribution in [0.2, 0.25) is 0 Å². The van der Waals surface area contributed by atoms with Crippen LogP contribution in [0.4, 0.5) is 0 Å². The molecule has 0 saturated carbocycles. The van der Waals surface area contributed by atoms with E-state index in [-0.39, 0.29) is 0 Å². The van der Waals surface area contributed by atoms with E-state index in [0.717, 1.165) is 5.92 Å². The molecule has 0 aromatic carbocycles. The molecule has 1 unspecified atom stereocenters. The second-order valence-electron chi connectivity index (χ2n) is 5.95. The lowest BCUT2D eigenvalue weighted by molar-refractivity contribution is 0.491. The van der Waals surface area contributed by atoms with Gasteiger partial charge in [-0.3, -0.25) is 0 Å². The molecule has 0 aliphatic heterocycles. The fourth-order valence-electron chi connectivity index (χ4n) is 2.23. The third kappa shape index (κ3) is 12.2. The number of hydrogen-bond acceptors (Lipinski definition) is 0. The minimum Gasteiger partial charge on any atom is -0.0654 e. The van der Waals surface area contributed by atoms with E-state index in [9.17, 15) is 0 Å². The molecular formula is C17H35. The Kier molecular flexibility index (Phi) is 12.5. The first kappa shape index (κ1) is 17.0. The minimum absolute atomic E-state index is 0.837. The first-order valence-electron chi connectivity index (χ1n) is 7.98. The predicted molar refractivity (Wildman–Crippen MR) is 80.2 cm³/mol. The van der Waals surface area contributed by atoms with Gasteiger partial charge in [0.2, 0.25) is 0 Å². The molecule has 0 rings (SSSR count). The van der Waals surface area contributed by atoms with Crippen LogP contribution in [0.5, 0.6) is 0 Å². The summed E-state index contributed by atoms with van der Waals surface area (Å²) in [5, 5.41) is 0. The van der Waals surface area contributed by atoms with Gasteiger partial charge in [0.1, 0.15) is 0 Å². The molecule has 103 valence electrons. The van der Waals surface area contributed by atoms with E-state index in [4.69, 9.17) is 0 Å². The summed E-state index contributed by atoms with van der Waals surface area (Å²) in [7, 11) is 0. The topological polar surface area (TPSA) is 0 Å². The van der Waals surface area contributed by atoms with Crippen LogP contribution in [0.1, 0.15) is 98.3 Å². The Hall–Kier alpha value is 0. The van der Waals surface area contributed by atoms with E-state index in [0.29, 0.717) is 0 Å². The van der Waals surface area contributed by atoms with Gasteiger partial charge in [0.15, 0.2) is 0 Å². The lowest BCUT2D eigenvalue weighted by atomic mass is 9.92. The van der Waals surface area contributed by atoms with Crippen molar-refractivity contribution in [3.05, 3.63) is 5.92 Å². The highest BCUT2D eigenvalue weighted by atomic mass is 14.1. The smallest absolute Gasteiger partial charge is 0.0275 e. The molecule has 0 amide bonds. The Morgan fingerprint density at radius 2 is 1.12 bits per heavy atom. The summed E-state index contributed by atoms with van der Waals surface area (Å²) in [6.45, 7) is 9.18. The summed E-state index contributed by atoms with van der Waals surface area (Å²) >= 11 is 0. The van der Waals surface area contributed by atoms with Crippen molar-refractivity contribution in [1.29, 1.82) is 0 Å². The zero-order valence-electron chi connectivity index (χ0n) is 12.9. The van der Waals surface area contributed by atoms with E-state index >= 15 is 0 Å². The van der Waals surface area contributed by atoms with Gasteiger partial charge >= 0.3 is 0 Å². The highest BCUT2D eigenvalue weighted by Crippen LogP contribution is 2.20. The van der Waals surface area contributed by atoms with Gasteiger partial charge in [-0.05, 0) is 11.8 Å². The summed E-state index contributed by atoms with van der Waals surface area (Å²) in [5.41, 5.74) is 0. The Balaban J connectivity index is 3.03. The molecule has 0 spiro atoms. The second-order valence-corrected chi connectivity index (χ2v) is 5.95. The molecule has 0 N–H and O–H groups in total. The fraction of sp³-hybridized carbons (Fsp3) is 0.941. The largest absolute Gasteiger partial charge is 0.0654 e. The van der Waals surface area contributed by atoms with Crippen LogP contribution in [0.15, 0.2) is 0 Å². The van der Waals surface area contributed by atoms with E-state index in [1.165, 1.54) is 70.6 Å². The van der Waals surface area contributed by atoms with Gasteiger partial charge in [0.05, 0.1) is 0 Å². The summed E-state index contributed by atoms with van der Waals surface area (Å²) in [6, 6.07) is 0. The van der Waals surface area contributed by atoms with E-state index in [1.54, 1.807) is 5.92 Å². The SMILES string of the molecule is CCCCCCCCCCCCC(C)[C](C)C. The van der Waals surface area contributed by atoms with Crippen molar-refractivity contribution in [3.8, 4) is 0 Å². The normalized spacial score (nSPS) is 13.2. The fourth-order valence-corrected chi connectivity index (χ4v) is 2.23. The molecule has 0 fully saturated rings. The van der Waals surface area contributed by atoms with Crippen LogP contribution >= 0.6 is 0 Å². The average Bonchev–Trinajstić information content (AvgIpc) is 2.31. The number of rotatable bonds is 12. The molecule has 1 radical (unpaired) electrons. The Morgan fingerprint density at radius 1 is 0.706 bits per heavy atom. The van der Waals surface area contributed by atoms with E-state index in [2.05, 4.69) is 27.7 Å². The van der Waals surface area contributed by atoms with Crippen LogP contribution in [0.25, 0.3) is 0 Å². The van der Waals surface area contributed by atoms with Crippen molar-refractivity contribution in [1.82, 2.24) is 0 Å². The molecule has 0 heteroatoms. The Labute approximate surface area is 111 Å². The van der Waals surface area contributed by atoms with Crippen LogP contribution in [0, 0.1) is 11.8 Å². The molecule has 0 aliphatic carbocycles. The van der Waals surface area contributed by atoms with Crippen molar-refractivity contribution < 1.29 is 0 Å². The maximum absolute atomic E-state index is 2.36. The molecule has 0 aromatic rings. The molecule has 0 aliphatic rings. The Morgan fingerprint density at radius 3 is 1.53 bits per heavy atom. The third-order valence-electron chi connectivity index (χ3n) is 3.98. The van der Waals surface area contributed by atoms with E-state index in [1.807, 2.05) is 0 Å². The molecule has 0 heterocycles. The zero-order valence-corrected chi connectivity index (χ0v) is 12.9. The summed E-state index contributed by atoms with van der Waals surface area (Å²) in [5.74, 6) is 2.44. The van der Waals surface area contributed by atoms with Gasteiger partial charge in [0, 0.05) is 0 Å². The predicted octanol–water partition coefficient (Wildman–Crippen LogP) is 6.55. The van der Waals surface area contributed by atoms with Crippen molar-refractivity contribution in [3.63, 3.8) is 0 Å². The molecule has 17 heavy (non-hydrogen) atoms. The monoisotopic (exact) mass is 239 g/mol. The van der Waals surface area contributed by atoms with Gasteiger partial charge in [-0.2, -0.15) is 0 Å². The van der Waals surface area contributed by atoms with Gasteiger partial charge < -0.3 is 0 Å². The van der Waals surface area contributed by atoms with Crippen LogP contribution < -0.4 is 0 Å². The van der Waals surface area contributed by atoms with Crippen molar-refractivity contribution in [2.75, 3.05) is 0 Å². The molecule has 0 aromatic heterocycles. The van der Waals surface area contributed by atoms with Gasteiger partial charge in [-0.15, -0.1) is 0 Å². The van der Waals surface area contributed by atoms with E-state index < -0.39 is 0 Å². The quantitative estimate of drug-likeness (QED) is 0.339. The molecule has 0 nitrogen and oxygen atoms in total. The van der Waals surface area contributed by atoms with Crippen molar-refractivity contribution >= 4 is 0 Å².